The van der Waals surface area contributed by atoms with Crippen LogP contribution in [0.15, 0.2) is 54.9 Å². The number of nitrogens with one attached hydrogen (secondary N) is 1. The average molecular weight is 429 g/mol. The van der Waals surface area contributed by atoms with Gasteiger partial charge in [-0.3, -0.25) is 14.5 Å². The van der Waals surface area contributed by atoms with Gasteiger partial charge in [0.25, 0.3) is 11.8 Å². The van der Waals surface area contributed by atoms with Crippen LogP contribution in [0.2, 0.25) is 0 Å². The molecule has 7 heteroatoms. The number of aromatic nitrogens is 2. The zero-order valence-electron chi connectivity index (χ0n) is 17.9. The zero-order valence-corrected chi connectivity index (χ0v) is 17.9. The van der Waals surface area contributed by atoms with Gasteiger partial charge in [0.05, 0.1) is 18.3 Å². The molecule has 0 saturated heterocycles. The van der Waals surface area contributed by atoms with E-state index in [2.05, 4.69) is 4.98 Å². The van der Waals surface area contributed by atoms with Crippen LogP contribution in [0.3, 0.4) is 0 Å². The minimum absolute atomic E-state index is 0.0641. The van der Waals surface area contributed by atoms with E-state index >= 15 is 0 Å². The number of carbonyl (C=O) groups excluding carboxylic acids is 2. The normalized spacial score (nSPS) is 14.4. The van der Waals surface area contributed by atoms with Crippen molar-refractivity contribution in [3.8, 4) is 5.75 Å². The standard InChI is InChI=1S/C25H23N3O4/c1-27-24(30)22(18-13-26-20-7-4-3-6-16(18)20)23(25(27)31)19-14-28(10-5-11-29)21-9-8-15(32-2)12-17(19)21/h3-4,6-9,12-14,26,29H,5,10-11H2,1-2H3. The number of ether oxygens (including phenoxy) is 1. The summed E-state index contributed by atoms with van der Waals surface area (Å²) in [6.45, 7) is 0.654. The first-order chi connectivity index (χ1) is 15.5. The quantitative estimate of drug-likeness (QED) is 0.460. The highest BCUT2D eigenvalue weighted by Gasteiger charge is 2.39. The summed E-state index contributed by atoms with van der Waals surface area (Å²) in [5.41, 5.74) is 3.96. The van der Waals surface area contributed by atoms with Gasteiger partial charge >= 0.3 is 0 Å². The van der Waals surface area contributed by atoms with Crippen molar-refractivity contribution < 1.29 is 19.4 Å². The molecule has 2 aromatic heterocycles. The van der Waals surface area contributed by atoms with Crippen LogP contribution in [0, 0.1) is 0 Å². The van der Waals surface area contributed by atoms with E-state index in [0.717, 1.165) is 21.8 Å². The lowest BCUT2D eigenvalue weighted by atomic mass is 9.95. The SMILES string of the molecule is COc1ccc2c(c1)c(C1=C(c3c[nH]c4ccccc34)C(=O)N(C)C1=O)cn2CCCO. The second-order valence-corrected chi connectivity index (χ2v) is 7.86. The molecule has 0 saturated carbocycles. The number of likely N-dealkylation sites (N-methyl/N-ethyl adjacent to an activating group) is 1. The third-order valence-corrected chi connectivity index (χ3v) is 6.06. The summed E-state index contributed by atoms with van der Waals surface area (Å²) in [6, 6.07) is 13.4. The molecule has 5 rings (SSSR count). The number of hydrogen-bond acceptors (Lipinski definition) is 4. The monoisotopic (exact) mass is 429 g/mol. The van der Waals surface area contributed by atoms with Crippen LogP contribution in [-0.2, 0) is 16.1 Å². The Hall–Kier alpha value is -3.84. The van der Waals surface area contributed by atoms with E-state index in [0.29, 0.717) is 41.0 Å². The lowest BCUT2D eigenvalue weighted by Crippen LogP contribution is -2.26. The number of H-pyrrole nitrogens is 1. The van der Waals surface area contributed by atoms with Gasteiger partial charge in [-0.05, 0) is 30.7 Å². The van der Waals surface area contributed by atoms with Crippen molar-refractivity contribution in [2.75, 3.05) is 20.8 Å². The number of fused-ring (bicyclic) bond motifs is 2. The van der Waals surface area contributed by atoms with E-state index in [1.807, 2.05) is 53.2 Å². The van der Waals surface area contributed by atoms with E-state index in [-0.39, 0.29) is 18.4 Å². The van der Waals surface area contributed by atoms with E-state index in [4.69, 9.17) is 4.74 Å². The molecular formula is C25H23N3O4. The molecule has 0 aliphatic carbocycles. The van der Waals surface area contributed by atoms with E-state index in [9.17, 15) is 14.7 Å². The number of methoxy groups -OCH3 is 1. The van der Waals surface area contributed by atoms with Crippen LogP contribution in [-0.4, -0.2) is 52.1 Å². The molecule has 3 heterocycles. The maximum atomic E-state index is 13.3. The van der Waals surface area contributed by atoms with Gasteiger partial charge in [-0.1, -0.05) is 18.2 Å². The third-order valence-electron chi connectivity index (χ3n) is 6.06. The highest BCUT2D eigenvalue weighted by molar-refractivity contribution is 6.50. The Labute approximate surface area is 184 Å². The summed E-state index contributed by atoms with van der Waals surface area (Å²) >= 11 is 0. The van der Waals surface area contributed by atoms with Crippen LogP contribution < -0.4 is 4.74 Å². The fourth-order valence-corrected chi connectivity index (χ4v) is 4.45. The summed E-state index contributed by atoms with van der Waals surface area (Å²) in [5.74, 6) is 0.00578. The number of imide groups is 1. The number of carbonyl (C=O) groups is 2. The molecule has 7 nitrogen and oxygen atoms in total. The van der Waals surface area contributed by atoms with Crippen LogP contribution in [0.5, 0.6) is 5.75 Å². The van der Waals surface area contributed by atoms with Crippen molar-refractivity contribution in [2.45, 2.75) is 13.0 Å². The van der Waals surface area contributed by atoms with E-state index in [1.54, 1.807) is 13.3 Å². The number of aryl methyl sites for hydroxylation is 1. The van der Waals surface area contributed by atoms with E-state index in [1.165, 1.54) is 11.9 Å². The smallest absolute Gasteiger partial charge is 0.261 e. The van der Waals surface area contributed by atoms with Crippen molar-refractivity contribution in [1.29, 1.82) is 0 Å². The molecule has 32 heavy (non-hydrogen) atoms. The molecule has 1 aliphatic heterocycles. The van der Waals surface area contributed by atoms with Gasteiger partial charge in [-0.25, -0.2) is 0 Å². The van der Waals surface area contributed by atoms with Crippen LogP contribution in [0.4, 0.5) is 0 Å². The molecule has 162 valence electrons. The Morgan fingerprint density at radius 1 is 1.00 bits per heavy atom. The number of benzene rings is 2. The summed E-state index contributed by atoms with van der Waals surface area (Å²) in [5, 5.41) is 11.0. The predicted molar refractivity (Wildman–Crippen MR) is 123 cm³/mol. The Kier molecular flexibility index (Phi) is 4.83. The van der Waals surface area contributed by atoms with Crippen LogP contribution >= 0.6 is 0 Å². The number of nitrogens with zero attached hydrogens (tertiary/aromatic N) is 2. The highest BCUT2D eigenvalue weighted by Crippen LogP contribution is 2.41. The van der Waals surface area contributed by atoms with Crippen molar-refractivity contribution in [1.82, 2.24) is 14.5 Å². The highest BCUT2D eigenvalue weighted by atomic mass is 16.5. The number of aliphatic hydroxyl groups is 1. The second-order valence-electron chi connectivity index (χ2n) is 7.86. The Morgan fingerprint density at radius 2 is 1.75 bits per heavy atom. The minimum atomic E-state index is -0.334. The molecule has 0 spiro atoms. The van der Waals surface area contributed by atoms with Gasteiger partial charge < -0.3 is 19.4 Å². The Bertz CT molecular complexity index is 1410. The fraction of sp³-hybridized carbons (Fsp3) is 0.200. The molecular weight excluding hydrogens is 406 g/mol. The maximum absolute atomic E-state index is 13.3. The van der Waals surface area contributed by atoms with Crippen molar-refractivity contribution in [3.05, 3.63) is 66.0 Å². The fourth-order valence-electron chi connectivity index (χ4n) is 4.45. The number of aromatic amines is 1. The predicted octanol–water partition coefficient (Wildman–Crippen LogP) is 3.42. The van der Waals surface area contributed by atoms with Crippen molar-refractivity contribution >= 4 is 44.8 Å². The third kappa shape index (κ3) is 2.93. The second kappa shape index (κ2) is 7.69. The molecule has 4 aromatic rings. The Morgan fingerprint density at radius 3 is 2.50 bits per heavy atom. The van der Waals surface area contributed by atoms with Gasteiger partial charge in [-0.2, -0.15) is 0 Å². The molecule has 1 aliphatic rings. The minimum Gasteiger partial charge on any atom is -0.497 e. The van der Waals surface area contributed by atoms with Gasteiger partial charge in [0.1, 0.15) is 5.75 Å². The lowest BCUT2D eigenvalue weighted by molar-refractivity contribution is -0.134. The number of hydrogen-bond donors (Lipinski definition) is 2. The first-order valence-corrected chi connectivity index (χ1v) is 10.5. The van der Waals surface area contributed by atoms with E-state index < -0.39 is 0 Å². The molecule has 2 aromatic carbocycles. The molecule has 2 N–H and O–H groups in total. The van der Waals surface area contributed by atoms with Gasteiger partial charge in [0, 0.05) is 65.5 Å². The first kappa shape index (κ1) is 20.1. The van der Waals surface area contributed by atoms with Gasteiger partial charge in [0.2, 0.25) is 0 Å². The number of para-hydroxylation sites is 1. The summed E-state index contributed by atoms with van der Waals surface area (Å²) in [7, 11) is 3.11. The summed E-state index contributed by atoms with van der Waals surface area (Å²) in [4.78, 5) is 31.0. The van der Waals surface area contributed by atoms with Crippen molar-refractivity contribution in [2.24, 2.45) is 0 Å². The molecule has 2 amide bonds. The van der Waals surface area contributed by atoms with Gasteiger partial charge in [0.15, 0.2) is 0 Å². The largest absolute Gasteiger partial charge is 0.497 e. The number of rotatable bonds is 6. The van der Waals surface area contributed by atoms with Gasteiger partial charge in [-0.15, -0.1) is 0 Å². The van der Waals surface area contributed by atoms with Crippen molar-refractivity contribution in [3.63, 3.8) is 0 Å². The summed E-state index contributed by atoms with van der Waals surface area (Å²) in [6.07, 6.45) is 4.26. The van der Waals surface area contributed by atoms with Crippen LogP contribution in [0.1, 0.15) is 17.5 Å². The molecule has 0 unspecified atom stereocenters. The maximum Gasteiger partial charge on any atom is 0.261 e. The lowest BCUT2D eigenvalue weighted by Gasteiger charge is -2.06. The molecule has 0 bridgehead atoms. The number of amides is 2. The average Bonchev–Trinajstić information content (AvgIpc) is 3.46. The topological polar surface area (TPSA) is 87.6 Å². The summed E-state index contributed by atoms with van der Waals surface area (Å²) < 4.78 is 7.43. The molecule has 0 fully saturated rings. The number of aliphatic hydroxyl groups excluding tert-OH is 1. The molecule has 0 atom stereocenters. The first-order valence-electron chi connectivity index (χ1n) is 10.5. The Balaban J connectivity index is 1.82. The van der Waals surface area contributed by atoms with Crippen LogP contribution in [0.25, 0.3) is 33.0 Å². The zero-order chi connectivity index (χ0) is 22.4. The molecule has 0 radical (unpaired) electrons.